The number of ether oxygens (including phenoxy) is 1. The molecule has 45 heavy (non-hydrogen) atoms. The van der Waals surface area contributed by atoms with E-state index in [4.69, 9.17) is 4.74 Å². The summed E-state index contributed by atoms with van der Waals surface area (Å²) in [5, 5.41) is 3.73. The molecule has 1 saturated heterocycles. The Balaban J connectivity index is 1.26. The molecule has 0 bridgehead atoms. The molecule has 0 radical (unpaired) electrons. The van der Waals surface area contributed by atoms with E-state index in [0.29, 0.717) is 22.3 Å². The van der Waals surface area contributed by atoms with E-state index in [9.17, 15) is 18.8 Å². The van der Waals surface area contributed by atoms with Crippen LogP contribution in [0.15, 0.2) is 78.9 Å². The van der Waals surface area contributed by atoms with Gasteiger partial charge in [-0.25, -0.2) is 18.1 Å². The molecule has 6 rings (SSSR count). The van der Waals surface area contributed by atoms with Crippen LogP contribution >= 0.6 is 0 Å². The normalized spacial score (nSPS) is 19.0. The largest absolute Gasteiger partial charge is 0.443 e. The van der Waals surface area contributed by atoms with E-state index in [0.717, 1.165) is 23.8 Å². The number of likely N-dealkylation sites (tertiary alicyclic amines) is 1. The molecule has 1 aromatic heterocycles. The number of carbonyl (C=O) groups is 3. The fourth-order valence-corrected chi connectivity index (χ4v) is 6.12. The molecule has 3 atom stereocenters. The van der Waals surface area contributed by atoms with E-state index in [1.54, 1.807) is 45.0 Å². The molecule has 1 aliphatic heterocycles. The second-order valence-electron chi connectivity index (χ2n) is 13.0. The van der Waals surface area contributed by atoms with Crippen molar-refractivity contribution in [2.24, 2.45) is 0 Å². The van der Waals surface area contributed by atoms with Crippen LogP contribution < -0.4 is 5.32 Å². The molecule has 234 valence electrons. The molecular weight excluding hydrogens is 576 g/mol. The number of fused-ring (bicyclic) bond motifs is 1. The first kappa shape index (κ1) is 30.5. The van der Waals surface area contributed by atoms with E-state index < -0.39 is 41.8 Å². The van der Waals surface area contributed by atoms with Crippen LogP contribution in [0.5, 0.6) is 0 Å². The Labute approximate surface area is 261 Å². The van der Waals surface area contributed by atoms with Crippen molar-refractivity contribution < 1.29 is 27.9 Å². The van der Waals surface area contributed by atoms with Crippen LogP contribution in [0, 0.1) is 5.82 Å². The average Bonchev–Trinajstić information content (AvgIpc) is 3.65. The summed E-state index contributed by atoms with van der Waals surface area (Å²) in [6, 6.07) is 21.4. The summed E-state index contributed by atoms with van der Waals surface area (Å²) >= 11 is 0. The molecule has 1 saturated carbocycles. The van der Waals surface area contributed by atoms with Crippen molar-refractivity contribution in [2.75, 3.05) is 6.54 Å². The summed E-state index contributed by atoms with van der Waals surface area (Å²) in [6.07, 6.45) is -0.500. The minimum absolute atomic E-state index is 0.164. The van der Waals surface area contributed by atoms with E-state index in [-0.39, 0.29) is 31.1 Å². The quantitative estimate of drug-likeness (QED) is 0.248. The van der Waals surface area contributed by atoms with Gasteiger partial charge >= 0.3 is 6.09 Å². The van der Waals surface area contributed by atoms with Crippen molar-refractivity contribution in [3.05, 3.63) is 107 Å². The van der Waals surface area contributed by atoms with Crippen LogP contribution in [0.4, 0.5) is 13.6 Å². The Morgan fingerprint density at radius 2 is 1.67 bits per heavy atom. The van der Waals surface area contributed by atoms with Gasteiger partial charge in [0.05, 0.1) is 24.5 Å². The van der Waals surface area contributed by atoms with Gasteiger partial charge in [0.15, 0.2) is 0 Å². The SMILES string of the molecule is CC(C)(C)OC(=O)n1c(CC(=O)N2C[C@H](F)C[C@H]2C(=O)N[C@@H](c2ccccc2)c2ccc(C3CC3)c(F)c2)cc2ccccc21. The summed E-state index contributed by atoms with van der Waals surface area (Å²) < 4.78 is 37.0. The van der Waals surface area contributed by atoms with Crippen molar-refractivity contribution in [3.63, 3.8) is 0 Å². The van der Waals surface area contributed by atoms with Crippen LogP contribution in [0.25, 0.3) is 10.9 Å². The summed E-state index contributed by atoms with van der Waals surface area (Å²) in [7, 11) is 0. The van der Waals surface area contributed by atoms with Gasteiger partial charge in [0.25, 0.3) is 0 Å². The summed E-state index contributed by atoms with van der Waals surface area (Å²) in [4.78, 5) is 42.0. The Kier molecular flexibility index (Phi) is 8.20. The fourth-order valence-electron chi connectivity index (χ4n) is 6.12. The molecule has 2 heterocycles. The lowest BCUT2D eigenvalue weighted by Gasteiger charge is -2.27. The molecule has 2 fully saturated rings. The van der Waals surface area contributed by atoms with Gasteiger partial charge in [0.1, 0.15) is 23.6 Å². The maximum absolute atomic E-state index is 15.1. The van der Waals surface area contributed by atoms with Gasteiger partial charge in [-0.1, -0.05) is 60.7 Å². The number of nitrogens with zero attached hydrogens (tertiary/aromatic N) is 2. The number of benzene rings is 3. The summed E-state index contributed by atoms with van der Waals surface area (Å²) in [6.45, 7) is 5.03. The summed E-state index contributed by atoms with van der Waals surface area (Å²) in [5.74, 6) is -1.10. The van der Waals surface area contributed by atoms with E-state index in [2.05, 4.69) is 5.32 Å². The molecule has 1 aliphatic carbocycles. The lowest BCUT2D eigenvalue weighted by atomic mass is 9.96. The van der Waals surface area contributed by atoms with Crippen molar-refractivity contribution in [1.82, 2.24) is 14.8 Å². The molecule has 9 heteroatoms. The predicted octanol–water partition coefficient (Wildman–Crippen LogP) is 6.83. The smallest absolute Gasteiger partial charge is 0.419 e. The number of aromatic nitrogens is 1. The number of rotatable bonds is 7. The number of amides is 2. The van der Waals surface area contributed by atoms with Crippen molar-refractivity contribution >= 4 is 28.8 Å². The number of alkyl halides is 1. The van der Waals surface area contributed by atoms with Crippen LogP contribution in [0.3, 0.4) is 0 Å². The minimum Gasteiger partial charge on any atom is -0.443 e. The third-order valence-electron chi connectivity index (χ3n) is 8.36. The van der Waals surface area contributed by atoms with Gasteiger partial charge in [-0.15, -0.1) is 0 Å². The third-order valence-corrected chi connectivity index (χ3v) is 8.36. The van der Waals surface area contributed by atoms with Gasteiger partial charge < -0.3 is 15.0 Å². The topological polar surface area (TPSA) is 80.6 Å². The number of hydrogen-bond acceptors (Lipinski definition) is 4. The zero-order valence-corrected chi connectivity index (χ0v) is 25.6. The van der Waals surface area contributed by atoms with Crippen molar-refractivity contribution in [1.29, 1.82) is 0 Å². The standard InChI is InChI=1S/C36H37F2N3O4/c1-36(2,3)45-35(44)41-27(17-24-11-7-8-12-30(24)41)20-32(42)40-21-26(37)19-31(40)34(43)39-33(23-9-5-4-6-10-23)25-15-16-28(22-13-14-22)29(38)18-25/h4-12,15-18,22,26,31,33H,13-14,19-21H2,1-3H3,(H,39,43)/t26-,31+,33+/m1/s1. The van der Waals surface area contributed by atoms with E-state index in [1.807, 2.05) is 48.5 Å². The number of para-hydroxylation sites is 1. The highest BCUT2D eigenvalue weighted by molar-refractivity contribution is 5.94. The Morgan fingerprint density at radius 3 is 2.36 bits per heavy atom. The molecule has 4 aromatic rings. The van der Waals surface area contributed by atoms with Crippen LogP contribution in [-0.2, 0) is 20.7 Å². The average molecular weight is 614 g/mol. The lowest BCUT2D eigenvalue weighted by Crippen LogP contribution is -2.47. The number of halogens is 2. The van der Waals surface area contributed by atoms with Gasteiger partial charge in [-0.3, -0.25) is 9.59 Å². The lowest BCUT2D eigenvalue weighted by molar-refractivity contribution is -0.138. The Morgan fingerprint density at radius 1 is 0.956 bits per heavy atom. The van der Waals surface area contributed by atoms with Gasteiger partial charge in [-0.05, 0) is 74.4 Å². The molecular formula is C36H37F2N3O4. The monoisotopic (exact) mass is 613 g/mol. The first-order chi connectivity index (χ1) is 21.5. The third kappa shape index (κ3) is 6.62. The maximum atomic E-state index is 15.1. The van der Waals surface area contributed by atoms with E-state index in [1.165, 1.54) is 15.5 Å². The molecule has 2 aliphatic rings. The first-order valence-corrected chi connectivity index (χ1v) is 15.4. The van der Waals surface area contributed by atoms with Crippen LogP contribution in [0.1, 0.15) is 74.4 Å². The highest BCUT2D eigenvalue weighted by atomic mass is 19.1. The van der Waals surface area contributed by atoms with Gasteiger partial charge in [-0.2, -0.15) is 0 Å². The molecule has 7 nitrogen and oxygen atoms in total. The number of hydrogen-bond donors (Lipinski definition) is 1. The zero-order chi connectivity index (χ0) is 31.9. The minimum atomic E-state index is -1.40. The highest BCUT2D eigenvalue weighted by Crippen LogP contribution is 2.42. The molecule has 0 unspecified atom stereocenters. The Hall–Kier alpha value is -4.53. The first-order valence-electron chi connectivity index (χ1n) is 15.4. The molecule has 0 spiro atoms. The van der Waals surface area contributed by atoms with Crippen LogP contribution in [0.2, 0.25) is 0 Å². The van der Waals surface area contributed by atoms with Crippen molar-refractivity contribution in [2.45, 2.75) is 76.2 Å². The highest BCUT2D eigenvalue weighted by Gasteiger charge is 2.41. The number of nitrogens with one attached hydrogen (secondary N) is 1. The van der Waals surface area contributed by atoms with Crippen LogP contribution in [-0.4, -0.2) is 51.7 Å². The van der Waals surface area contributed by atoms with Gasteiger partial charge in [0, 0.05) is 17.5 Å². The summed E-state index contributed by atoms with van der Waals surface area (Å²) in [5.41, 5.74) is 2.17. The molecule has 2 amide bonds. The maximum Gasteiger partial charge on any atom is 0.419 e. The zero-order valence-electron chi connectivity index (χ0n) is 25.6. The number of carbonyl (C=O) groups excluding carboxylic acids is 3. The molecule has 3 aromatic carbocycles. The second kappa shape index (κ2) is 12.1. The second-order valence-corrected chi connectivity index (χ2v) is 13.0. The Bertz CT molecular complexity index is 1740. The molecule has 1 N–H and O–H groups in total. The van der Waals surface area contributed by atoms with Gasteiger partial charge in [0.2, 0.25) is 11.8 Å². The van der Waals surface area contributed by atoms with Crippen molar-refractivity contribution in [3.8, 4) is 0 Å². The predicted molar refractivity (Wildman–Crippen MR) is 167 cm³/mol. The fraction of sp³-hybridized carbons (Fsp3) is 0.361. The van der Waals surface area contributed by atoms with E-state index >= 15 is 4.39 Å².